The minimum atomic E-state index is -1.13. The third kappa shape index (κ3) is 4.35. The van der Waals surface area contributed by atoms with Gasteiger partial charge < -0.3 is 10.2 Å². The van der Waals surface area contributed by atoms with E-state index in [2.05, 4.69) is 26.0 Å². The summed E-state index contributed by atoms with van der Waals surface area (Å²) in [4.78, 5) is 10.9. The van der Waals surface area contributed by atoms with Crippen molar-refractivity contribution in [2.45, 2.75) is 52.6 Å². The average molecular weight is 264 g/mol. The fourth-order valence-electron chi connectivity index (χ4n) is 2.16. The lowest BCUT2D eigenvalue weighted by molar-refractivity contribution is -0.145. The molecule has 1 aromatic rings. The molecule has 19 heavy (non-hydrogen) atoms. The Balaban J connectivity index is 2.76. The molecule has 0 saturated heterocycles. The van der Waals surface area contributed by atoms with Gasteiger partial charge in [0.2, 0.25) is 0 Å². The maximum absolute atomic E-state index is 10.9. The van der Waals surface area contributed by atoms with Gasteiger partial charge in [0.15, 0.2) is 0 Å². The van der Waals surface area contributed by atoms with Crippen LogP contribution in [0.2, 0.25) is 0 Å². The summed E-state index contributed by atoms with van der Waals surface area (Å²) in [6.07, 6.45) is 0.970. The van der Waals surface area contributed by atoms with E-state index in [9.17, 15) is 9.90 Å². The van der Waals surface area contributed by atoms with E-state index in [1.54, 1.807) is 0 Å². The Labute approximate surface area is 115 Å². The molecule has 0 aliphatic carbocycles. The molecule has 0 heterocycles. The summed E-state index contributed by atoms with van der Waals surface area (Å²) in [5.41, 5.74) is 2.48. The molecule has 0 saturated carbocycles. The van der Waals surface area contributed by atoms with Crippen molar-refractivity contribution in [3.05, 3.63) is 34.9 Å². The van der Waals surface area contributed by atoms with Crippen molar-refractivity contribution in [1.29, 1.82) is 0 Å². The number of aliphatic hydroxyl groups is 1. The topological polar surface area (TPSA) is 57.5 Å². The summed E-state index contributed by atoms with van der Waals surface area (Å²) in [7, 11) is 0. The van der Waals surface area contributed by atoms with Gasteiger partial charge in [0, 0.05) is 0 Å². The molecular weight excluding hydrogens is 240 g/mol. The molecule has 0 aliphatic rings. The van der Waals surface area contributed by atoms with Crippen molar-refractivity contribution >= 4 is 5.97 Å². The molecule has 0 spiro atoms. The normalized spacial score (nSPS) is 14.4. The van der Waals surface area contributed by atoms with Crippen molar-refractivity contribution < 1.29 is 15.0 Å². The molecule has 1 aromatic carbocycles. The molecule has 3 nitrogen and oxygen atoms in total. The Morgan fingerprint density at radius 3 is 2.37 bits per heavy atom. The number of hydrogen-bond donors (Lipinski definition) is 2. The van der Waals surface area contributed by atoms with E-state index in [0.29, 0.717) is 12.8 Å². The molecule has 0 aliphatic heterocycles. The van der Waals surface area contributed by atoms with E-state index in [-0.39, 0.29) is 12.3 Å². The molecule has 1 rings (SSSR count). The van der Waals surface area contributed by atoms with Crippen molar-refractivity contribution in [3.63, 3.8) is 0 Å². The Hall–Kier alpha value is -1.35. The van der Waals surface area contributed by atoms with Crippen LogP contribution < -0.4 is 0 Å². The fraction of sp³-hybridized carbons (Fsp3) is 0.562. The van der Waals surface area contributed by atoms with E-state index >= 15 is 0 Å². The predicted octanol–water partition coefficient (Wildman–Crippen LogP) is 3.10. The molecular formula is C16H24O3. The second kappa shape index (κ2) is 6.20. The smallest absolute Gasteiger partial charge is 0.306 e. The van der Waals surface area contributed by atoms with Crippen LogP contribution in [0.15, 0.2) is 18.2 Å². The fourth-order valence-corrected chi connectivity index (χ4v) is 2.16. The number of carboxylic acids is 1. The Kier molecular flexibility index (Phi) is 5.12. The Morgan fingerprint density at radius 2 is 1.89 bits per heavy atom. The average Bonchev–Trinajstić information content (AvgIpc) is 2.29. The van der Waals surface area contributed by atoms with Crippen LogP contribution in [0.25, 0.3) is 0 Å². The predicted molar refractivity (Wildman–Crippen MR) is 76.3 cm³/mol. The molecule has 1 atom stereocenters. The molecule has 0 aromatic heterocycles. The lowest BCUT2D eigenvalue weighted by atomic mass is 9.82. The molecule has 0 fully saturated rings. The first-order chi connectivity index (χ1) is 8.74. The molecule has 0 bridgehead atoms. The van der Waals surface area contributed by atoms with Gasteiger partial charge in [-0.15, -0.1) is 0 Å². The Bertz CT molecular complexity index is 451. The van der Waals surface area contributed by atoms with E-state index < -0.39 is 11.6 Å². The van der Waals surface area contributed by atoms with Crippen LogP contribution in [0.3, 0.4) is 0 Å². The minimum absolute atomic E-state index is 0.0739. The van der Waals surface area contributed by atoms with E-state index in [4.69, 9.17) is 5.11 Å². The van der Waals surface area contributed by atoms with E-state index in [0.717, 1.165) is 5.56 Å². The Morgan fingerprint density at radius 1 is 1.26 bits per heavy atom. The monoisotopic (exact) mass is 264 g/mol. The molecule has 0 amide bonds. The highest BCUT2D eigenvalue weighted by atomic mass is 16.4. The third-order valence-electron chi connectivity index (χ3n) is 3.95. The minimum Gasteiger partial charge on any atom is -0.481 e. The zero-order valence-corrected chi connectivity index (χ0v) is 12.2. The van der Waals surface area contributed by atoms with Crippen molar-refractivity contribution in [1.82, 2.24) is 0 Å². The molecule has 106 valence electrons. The number of aliphatic carboxylic acids is 1. The summed E-state index contributed by atoms with van der Waals surface area (Å²) in [5, 5.41) is 19.4. The summed E-state index contributed by atoms with van der Waals surface area (Å²) >= 11 is 0. The van der Waals surface area contributed by atoms with Gasteiger partial charge in [-0.1, -0.05) is 32.0 Å². The third-order valence-corrected chi connectivity index (χ3v) is 3.95. The highest BCUT2D eigenvalue weighted by Gasteiger charge is 2.33. The van der Waals surface area contributed by atoms with Gasteiger partial charge in [0.25, 0.3) is 0 Å². The summed E-state index contributed by atoms with van der Waals surface area (Å²) < 4.78 is 0. The van der Waals surface area contributed by atoms with Crippen LogP contribution in [-0.2, 0) is 11.2 Å². The zero-order valence-electron chi connectivity index (χ0n) is 12.2. The van der Waals surface area contributed by atoms with Crippen LogP contribution >= 0.6 is 0 Å². The van der Waals surface area contributed by atoms with Crippen LogP contribution in [0.5, 0.6) is 0 Å². The van der Waals surface area contributed by atoms with Gasteiger partial charge in [0.1, 0.15) is 0 Å². The lowest BCUT2D eigenvalue weighted by Gasteiger charge is -2.30. The van der Waals surface area contributed by atoms with Gasteiger partial charge in [-0.3, -0.25) is 4.79 Å². The molecule has 2 N–H and O–H groups in total. The first-order valence-corrected chi connectivity index (χ1v) is 6.75. The first kappa shape index (κ1) is 15.7. The molecule has 1 unspecified atom stereocenters. The quantitative estimate of drug-likeness (QED) is 0.830. The van der Waals surface area contributed by atoms with Gasteiger partial charge in [-0.05, 0) is 49.3 Å². The number of carbonyl (C=O) groups is 1. The standard InChI is InChI=1S/C16H24O3/c1-11(2)16(19,10-15(17)18)8-7-14-6-5-12(3)13(4)9-14/h5-6,9,11,19H,7-8,10H2,1-4H3,(H,17,18). The summed E-state index contributed by atoms with van der Waals surface area (Å²) in [6.45, 7) is 7.85. The summed E-state index contributed by atoms with van der Waals surface area (Å²) in [5.74, 6) is -1.02. The van der Waals surface area contributed by atoms with E-state index in [1.165, 1.54) is 11.1 Å². The van der Waals surface area contributed by atoms with Gasteiger partial charge in [0.05, 0.1) is 12.0 Å². The molecule has 3 heteroatoms. The van der Waals surface area contributed by atoms with Crippen LogP contribution in [0.4, 0.5) is 0 Å². The SMILES string of the molecule is Cc1ccc(CCC(O)(CC(=O)O)C(C)C)cc1C. The number of benzene rings is 1. The van der Waals surface area contributed by atoms with Gasteiger partial charge in [-0.2, -0.15) is 0 Å². The zero-order chi connectivity index (χ0) is 14.6. The lowest BCUT2D eigenvalue weighted by Crippen LogP contribution is -2.38. The van der Waals surface area contributed by atoms with Crippen LogP contribution in [0.1, 0.15) is 43.4 Å². The highest BCUT2D eigenvalue weighted by Crippen LogP contribution is 2.27. The number of carboxylic acid groups (broad SMARTS) is 1. The van der Waals surface area contributed by atoms with E-state index in [1.807, 2.05) is 19.9 Å². The maximum atomic E-state index is 10.9. The second-order valence-electron chi connectivity index (χ2n) is 5.75. The van der Waals surface area contributed by atoms with Crippen molar-refractivity contribution in [3.8, 4) is 0 Å². The largest absolute Gasteiger partial charge is 0.481 e. The second-order valence-corrected chi connectivity index (χ2v) is 5.75. The van der Waals surface area contributed by atoms with Crippen molar-refractivity contribution in [2.75, 3.05) is 0 Å². The number of aryl methyl sites for hydroxylation is 3. The highest BCUT2D eigenvalue weighted by molar-refractivity contribution is 5.68. The van der Waals surface area contributed by atoms with Crippen molar-refractivity contribution in [2.24, 2.45) is 5.92 Å². The maximum Gasteiger partial charge on any atom is 0.306 e. The summed E-state index contributed by atoms with van der Waals surface area (Å²) in [6, 6.07) is 6.22. The van der Waals surface area contributed by atoms with Gasteiger partial charge >= 0.3 is 5.97 Å². The first-order valence-electron chi connectivity index (χ1n) is 6.75. The number of rotatable bonds is 6. The van der Waals surface area contributed by atoms with Gasteiger partial charge in [-0.25, -0.2) is 0 Å². The van der Waals surface area contributed by atoms with Crippen LogP contribution in [0, 0.1) is 19.8 Å². The number of hydrogen-bond acceptors (Lipinski definition) is 2. The van der Waals surface area contributed by atoms with Crippen LogP contribution in [-0.4, -0.2) is 21.8 Å². The molecule has 0 radical (unpaired) electrons.